The lowest BCUT2D eigenvalue weighted by Crippen LogP contribution is -2.48. The Morgan fingerprint density at radius 1 is 1.04 bits per heavy atom. The summed E-state index contributed by atoms with van der Waals surface area (Å²) in [5.41, 5.74) is 0.128. The van der Waals surface area contributed by atoms with Crippen LogP contribution in [0.4, 0.5) is 19.0 Å². The molecule has 1 aromatic carbocycles. The highest BCUT2D eigenvalue weighted by Crippen LogP contribution is 2.34. The van der Waals surface area contributed by atoms with Gasteiger partial charge in [0.1, 0.15) is 12.3 Å². The van der Waals surface area contributed by atoms with Crippen molar-refractivity contribution in [1.29, 1.82) is 0 Å². The van der Waals surface area contributed by atoms with Gasteiger partial charge in [0.15, 0.2) is 5.82 Å². The normalized spacial score (nSPS) is 14.9. The number of aliphatic hydroxyl groups is 1. The Kier molecular flexibility index (Phi) is 4.71. The van der Waals surface area contributed by atoms with Gasteiger partial charge >= 0.3 is 6.18 Å². The summed E-state index contributed by atoms with van der Waals surface area (Å²) in [5.74, 6) is 0.998. The molecule has 28 heavy (non-hydrogen) atoms. The molecular weight excluding hydrogens is 375 g/mol. The molecule has 0 amide bonds. The number of rotatable bonds is 5. The van der Waals surface area contributed by atoms with E-state index in [4.69, 9.17) is 9.52 Å². The van der Waals surface area contributed by atoms with Crippen molar-refractivity contribution in [3.63, 3.8) is 0 Å². The predicted octanol–water partition coefficient (Wildman–Crippen LogP) is 2.72. The van der Waals surface area contributed by atoms with E-state index in [1.807, 2.05) is 4.90 Å². The molecule has 2 aromatic heterocycles. The average Bonchev–Trinajstić information content (AvgIpc) is 3.13. The summed E-state index contributed by atoms with van der Waals surface area (Å²) < 4.78 is 44.5. The van der Waals surface area contributed by atoms with Gasteiger partial charge in [-0.15, -0.1) is 20.4 Å². The van der Waals surface area contributed by atoms with Crippen molar-refractivity contribution in [2.24, 2.45) is 5.92 Å². The molecule has 0 unspecified atom stereocenters. The van der Waals surface area contributed by atoms with Gasteiger partial charge in [-0.05, 0) is 36.1 Å². The number of aromatic nitrogens is 4. The van der Waals surface area contributed by atoms with Crippen LogP contribution in [0.2, 0.25) is 0 Å². The zero-order chi connectivity index (χ0) is 19.7. The van der Waals surface area contributed by atoms with Gasteiger partial charge in [0.05, 0.1) is 5.56 Å². The number of halogens is 3. The third kappa shape index (κ3) is 3.68. The third-order valence-electron chi connectivity index (χ3n) is 4.58. The Balaban J connectivity index is 1.38. The molecule has 0 spiro atoms. The summed E-state index contributed by atoms with van der Waals surface area (Å²) in [7, 11) is 0. The first-order valence-corrected chi connectivity index (χ1v) is 8.61. The van der Waals surface area contributed by atoms with Crippen molar-refractivity contribution >= 4 is 5.82 Å². The number of benzene rings is 1. The second-order valence-corrected chi connectivity index (χ2v) is 6.57. The highest BCUT2D eigenvalue weighted by atomic mass is 19.4. The van der Waals surface area contributed by atoms with E-state index < -0.39 is 11.7 Å². The summed E-state index contributed by atoms with van der Waals surface area (Å²) in [4.78, 5) is 1.95. The molecule has 146 valence electrons. The first-order valence-electron chi connectivity index (χ1n) is 8.61. The first-order chi connectivity index (χ1) is 13.4. The van der Waals surface area contributed by atoms with Gasteiger partial charge in [-0.1, -0.05) is 18.2 Å². The van der Waals surface area contributed by atoms with Crippen LogP contribution in [0.1, 0.15) is 17.0 Å². The van der Waals surface area contributed by atoms with Crippen molar-refractivity contribution in [2.75, 3.05) is 18.0 Å². The Bertz CT molecular complexity index is 952. The van der Waals surface area contributed by atoms with Crippen molar-refractivity contribution in [2.45, 2.75) is 19.2 Å². The molecule has 0 radical (unpaired) electrons. The number of hydrogen-bond donors (Lipinski definition) is 1. The van der Waals surface area contributed by atoms with Crippen LogP contribution in [0, 0.1) is 5.92 Å². The van der Waals surface area contributed by atoms with Crippen LogP contribution in [0.15, 0.2) is 40.8 Å². The van der Waals surface area contributed by atoms with Gasteiger partial charge in [0, 0.05) is 13.1 Å². The highest BCUT2D eigenvalue weighted by molar-refractivity contribution is 5.50. The molecule has 1 fully saturated rings. The molecule has 0 atom stereocenters. The maximum absolute atomic E-state index is 13.1. The zero-order valence-electron chi connectivity index (χ0n) is 14.6. The smallest absolute Gasteiger partial charge is 0.416 e. The SMILES string of the molecule is OCc1nnc(-c2ccc(N3CC(Cc4ccccc4C(F)(F)F)C3)nn2)o1. The molecule has 3 aromatic rings. The number of aliphatic hydroxyl groups excluding tert-OH is 1. The molecule has 1 aliphatic rings. The minimum atomic E-state index is -4.34. The first kappa shape index (κ1) is 18.4. The van der Waals surface area contributed by atoms with E-state index in [1.165, 1.54) is 12.1 Å². The van der Waals surface area contributed by atoms with Gasteiger partial charge < -0.3 is 14.4 Å². The monoisotopic (exact) mass is 391 g/mol. The topological polar surface area (TPSA) is 88.2 Å². The van der Waals surface area contributed by atoms with Crippen LogP contribution in [-0.2, 0) is 19.2 Å². The molecule has 0 aliphatic carbocycles. The third-order valence-corrected chi connectivity index (χ3v) is 4.58. The summed E-state index contributed by atoms with van der Waals surface area (Å²) in [5, 5.41) is 24.5. The average molecular weight is 391 g/mol. The molecule has 10 heteroatoms. The fourth-order valence-electron chi connectivity index (χ4n) is 3.20. The summed E-state index contributed by atoms with van der Waals surface area (Å²) in [6.07, 6.45) is -3.98. The highest BCUT2D eigenvalue weighted by Gasteiger charge is 2.35. The maximum atomic E-state index is 13.1. The largest absolute Gasteiger partial charge is 0.417 e. The van der Waals surface area contributed by atoms with E-state index in [0.717, 1.165) is 6.07 Å². The molecular formula is C18H16F3N5O2. The van der Waals surface area contributed by atoms with E-state index >= 15 is 0 Å². The van der Waals surface area contributed by atoms with E-state index in [0.29, 0.717) is 36.6 Å². The fraction of sp³-hybridized carbons (Fsp3) is 0.333. The van der Waals surface area contributed by atoms with Crippen LogP contribution < -0.4 is 4.90 Å². The van der Waals surface area contributed by atoms with Crippen LogP contribution in [-0.4, -0.2) is 38.6 Å². The Morgan fingerprint density at radius 3 is 2.46 bits per heavy atom. The molecule has 4 rings (SSSR count). The van der Waals surface area contributed by atoms with Gasteiger partial charge in [-0.3, -0.25) is 0 Å². The van der Waals surface area contributed by atoms with Crippen molar-refractivity contribution in [3.05, 3.63) is 53.4 Å². The van der Waals surface area contributed by atoms with E-state index in [2.05, 4.69) is 20.4 Å². The van der Waals surface area contributed by atoms with Crippen molar-refractivity contribution in [1.82, 2.24) is 20.4 Å². The fourth-order valence-corrected chi connectivity index (χ4v) is 3.20. The van der Waals surface area contributed by atoms with Crippen molar-refractivity contribution < 1.29 is 22.7 Å². The van der Waals surface area contributed by atoms with Crippen molar-refractivity contribution in [3.8, 4) is 11.6 Å². The number of anilines is 1. The molecule has 1 saturated heterocycles. The molecule has 1 N–H and O–H groups in total. The molecule has 0 bridgehead atoms. The Labute approximate surface area is 157 Å². The minimum Gasteiger partial charge on any atom is -0.417 e. The van der Waals surface area contributed by atoms with Crippen LogP contribution in [0.25, 0.3) is 11.6 Å². The summed E-state index contributed by atoms with van der Waals surface area (Å²) in [6.45, 7) is 0.857. The van der Waals surface area contributed by atoms with Gasteiger partial charge in [0.25, 0.3) is 5.89 Å². The Morgan fingerprint density at radius 2 is 1.82 bits per heavy atom. The Hall–Kier alpha value is -3.01. The minimum absolute atomic E-state index is 0.0885. The van der Waals surface area contributed by atoms with Gasteiger partial charge in [0.2, 0.25) is 5.89 Å². The van der Waals surface area contributed by atoms with Crippen LogP contribution >= 0.6 is 0 Å². The lowest BCUT2D eigenvalue weighted by Gasteiger charge is -2.40. The quantitative estimate of drug-likeness (QED) is 0.715. The molecule has 3 heterocycles. The summed E-state index contributed by atoms with van der Waals surface area (Å²) in [6, 6.07) is 9.10. The van der Waals surface area contributed by atoms with E-state index in [9.17, 15) is 13.2 Å². The maximum Gasteiger partial charge on any atom is 0.416 e. The predicted molar refractivity (Wildman–Crippen MR) is 92.1 cm³/mol. The van der Waals surface area contributed by atoms with E-state index in [-0.39, 0.29) is 24.3 Å². The summed E-state index contributed by atoms with van der Waals surface area (Å²) >= 11 is 0. The number of nitrogens with zero attached hydrogens (tertiary/aromatic N) is 5. The van der Waals surface area contributed by atoms with Gasteiger partial charge in [-0.2, -0.15) is 13.2 Å². The molecule has 0 saturated carbocycles. The zero-order valence-corrected chi connectivity index (χ0v) is 14.6. The number of hydrogen-bond acceptors (Lipinski definition) is 7. The van der Waals surface area contributed by atoms with Crippen LogP contribution in [0.5, 0.6) is 0 Å². The lowest BCUT2D eigenvalue weighted by molar-refractivity contribution is -0.138. The van der Waals surface area contributed by atoms with Gasteiger partial charge in [-0.25, -0.2) is 0 Å². The standard InChI is InChI=1S/C18H16F3N5O2/c19-18(20,21)13-4-2-1-3-12(13)7-11-8-26(9-11)15-6-5-14(22-23-15)17-25-24-16(10-27)28-17/h1-6,11,27H,7-10H2. The molecule has 1 aliphatic heterocycles. The second-order valence-electron chi connectivity index (χ2n) is 6.57. The second kappa shape index (κ2) is 7.19. The molecule has 7 nitrogen and oxygen atoms in total. The lowest BCUT2D eigenvalue weighted by atomic mass is 9.90. The van der Waals surface area contributed by atoms with E-state index in [1.54, 1.807) is 18.2 Å². The van der Waals surface area contributed by atoms with Crippen LogP contribution in [0.3, 0.4) is 0 Å². The number of alkyl halides is 3.